The first-order chi connectivity index (χ1) is 34.6. The van der Waals surface area contributed by atoms with Crippen molar-refractivity contribution in [1.29, 1.82) is 0 Å². The molecule has 5 heteroatoms. The summed E-state index contributed by atoms with van der Waals surface area (Å²) in [5.74, 6) is 1.03. The summed E-state index contributed by atoms with van der Waals surface area (Å²) in [4.78, 5) is 11.5. The van der Waals surface area contributed by atoms with Gasteiger partial charge in [-0.25, -0.2) is 9.98 Å². The van der Waals surface area contributed by atoms with Crippen molar-refractivity contribution in [3.05, 3.63) is 234 Å². The summed E-state index contributed by atoms with van der Waals surface area (Å²) in [6.45, 7) is 2.35. The summed E-state index contributed by atoms with van der Waals surface area (Å²) in [6, 6.07) is 61.9. The lowest BCUT2D eigenvalue weighted by atomic mass is 9.83. The molecule has 0 bridgehead atoms. The van der Waals surface area contributed by atoms with Crippen LogP contribution in [0.5, 0.6) is 0 Å². The Morgan fingerprint density at radius 3 is 2.23 bits per heavy atom. The predicted molar refractivity (Wildman–Crippen MR) is 297 cm³/mol. The van der Waals surface area contributed by atoms with E-state index in [9.17, 15) is 0 Å². The lowest BCUT2D eigenvalue weighted by Gasteiger charge is -2.25. The molecule has 15 rings (SSSR count). The van der Waals surface area contributed by atoms with Gasteiger partial charge >= 0.3 is 0 Å². The van der Waals surface area contributed by atoms with Crippen LogP contribution < -0.4 is 0 Å². The van der Waals surface area contributed by atoms with Crippen LogP contribution in [0.3, 0.4) is 0 Å². The van der Waals surface area contributed by atoms with Crippen LogP contribution in [0.2, 0.25) is 0 Å². The smallest absolute Gasteiger partial charge is 0.160 e. The summed E-state index contributed by atoms with van der Waals surface area (Å²) in [5.41, 5.74) is 13.2. The van der Waals surface area contributed by atoms with Gasteiger partial charge in [0.25, 0.3) is 0 Å². The van der Waals surface area contributed by atoms with E-state index in [1.807, 2.05) is 23.5 Å². The molecule has 0 radical (unpaired) electrons. The second-order valence-electron chi connectivity index (χ2n) is 19.2. The molecule has 2 aliphatic carbocycles. The first-order valence-corrected chi connectivity index (χ1v) is 25.2. The number of para-hydroxylation sites is 1. The number of fused-ring (bicyclic) bond motifs is 14. The topological polar surface area (TPSA) is 42.8 Å². The normalized spacial score (nSPS) is 17.8. The molecule has 9 aromatic carbocycles. The van der Waals surface area contributed by atoms with E-state index in [2.05, 4.69) is 206 Å². The van der Waals surface area contributed by atoms with Gasteiger partial charge < -0.3 is 8.98 Å². The van der Waals surface area contributed by atoms with Gasteiger partial charge in [0.2, 0.25) is 0 Å². The van der Waals surface area contributed by atoms with Gasteiger partial charge in [0.05, 0.1) is 28.3 Å². The van der Waals surface area contributed by atoms with E-state index in [1.165, 1.54) is 85.9 Å². The molecule has 3 aromatic heterocycles. The van der Waals surface area contributed by atoms with E-state index in [0.29, 0.717) is 11.8 Å². The van der Waals surface area contributed by atoms with Crippen molar-refractivity contribution in [3.8, 4) is 5.69 Å². The fourth-order valence-corrected chi connectivity index (χ4v) is 12.9. The molecule has 70 heavy (non-hydrogen) atoms. The first kappa shape index (κ1) is 39.6. The Morgan fingerprint density at radius 1 is 0.600 bits per heavy atom. The summed E-state index contributed by atoms with van der Waals surface area (Å²) in [6.07, 6.45) is 15.6. The molecule has 0 saturated carbocycles. The van der Waals surface area contributed by atoms with E-state index in [-0.39, 0.29) is 5.92 Å². The zero-order chi connectivity index (χ0) is 46.0. The lowest BCUT2D eigenvalue weighted by molar-refractivity contribution is 0.669. The van der Waals surface area contributed by atoms with Gasteiger partial charge in [-0.05, 0) is 117 Å². The first-order valence-electron chi connectivity index (χ1n) is 24.4. The van der Waals surface area contributed by atoms with Crippen molar-refractivity contribution >= 4 is 120 Å². The second kappa shape index (κ2) is 15.3. The highest BCUT2D eigenvalue weighted by molar-refractivity contribution is 7.26. The summed E-state index contributed by atoms with van der Waals surface area (Å²) in [7, 11) is 0. The van der Waals surface area contributed by atoms with E-state index in [1.54, 1.807) is 0 Å². The van der Waals surface area contributed by atoms with Crippen molar-refractivity contribution in [2.45, 2.75) is 19.8 Å². The number of amidine groups is 1. The number of nitrogens with zero attached hydrogens (tertiary/aromatic N) is 3. The number of hydrogen-bond donors (Lipinski definition) is 0. The van der Waals surface area contributed by atoms with Crippen LogP contribution in [-0.2, 0) is 6.42 Å². The van der Waals surface area contributed by atoms with Crippen LogP contribution in [0, 0.1) is 11.8 Å². The van der Waals surface area contributed by atoms with Gasteiger partial charge in [0.1, 0.15) is 11.2 Å². The van der Waals surface area contributed by atoms with Crippen LogP contribution in [0.15, 0.2) is 220 Å². The molecule has 0 N–H and O–H groups in total. The van der Waals surface area contributed by atoms with Crippen molar-refractivity contribution in [1.82, 2.24) is 4.57 Å². The molecule has 330 valence electrons. The van der Waals surface area contributed by atoms with Gasteiger partial charge in [-0.2, -0.15) is 0 Å². The molecule has 4 nitrogen and oxygen atoms in total. The third kappa shape index (κ3) is 6.08. The zero-order valence-corrected chi connectivity index (χ0v) is 39.2. The third-order valence-corrected chi connectivity index (χ3v) is 16.3. The number of allylic oxidation sites excluding steroid dienone is 6. The highest BCUT2D eigenvalue weighted by Crippen LogP contribution is 2.48. The highest BCUT2D eigenvalue weighted by Gasteiger charge is 2.31. The molecule has 0 amide bonds. The Kier molecular flexibility index (Phi) is 8.66. The van der Waals surface area contributed by atoms with Gasteiger partial charge in [-0.3, -0.25) is 0 Å². The van der Waals surface area contributed by atoms with Crippen LogP contribution in [-0.4, -0.2) is 16.1 Å². The summed E-state index contributed by atoms with van der Waals surface area (Å²) >= 11 is 1.90. The maximum Gasteiger partial charge on any atom is 0.160 e. The Hall–Kier alpha value is -8.38. The third-order valence-electron chi connectivity index (χ3n) is 15.1. The average molecular weight is 914 g/mol. The largest absolute Gasteiger partial charge is 0.456 e. The SMILES string of the molecule is CC1C/C=C(\c2ccc3ccccc3c2)N=C(c2ccc3oc4ccccc4c3c2)N=C1c1ccc2sc3c4ccccc4ccc3c2c1-n1c2c(c3cc4ccccc4cc31)CC1C=CC=CC1=C2. The Balaban J connectivity index is 1.05. The fourth-order valence-electron chi connectivity index (χ4n) is 11.7. The van der Waals surface area contributed by atoms with Crippen molar-refractivity contribution in [2.75, 3.05) is 0 Å². The van der Waals surface area contributed by atoms with E-state index in [4.69, 9.17) is 14.4 Å². The number of aliphatic imine (C=N–C) groups is 2. The number of hydrogen-bond acceptors (Lipinski definition) is 4. The number of rotatable bonds is 4. The molecule has 2 unspecified atom stereocenters. The minimum Gasteiger partial charge on any atom is -0.456 e. The molecule has 12 aromatic rings. The van der Waals surface area contributed by atoms with Crippen molar-refractivity contribution in [3.63, 3.8) is 0 Å². The maximum atomic E-state index is 6.37. The molecule has 2 atom stereocenters. The Bertz CT molecular complexity index is 4450. The van der Waals surface area contributed by atoms with E-state index < -0.39 is 0 Å². The van der Waals surface area contributed by atoms with E-state index >= 15 is 0 Å². The van der Waals surface area contributed by atoms with Crippen LogP contribution in [0.25, 0.3) is 103 Å². The van der Waals surface area contributed by atoms with Crippen LogP contribution in [0.4, 0.5) is 0 Å². The Morgan fingerprint density at radius 2 is 1.34 bits per heavy atom. The number of aromatic nitrogens is 1. The molecule has 0 fully saturated rings. The molecule has 3 aliphatic rings. The summed E-state index contributed by atoms with van der Waals surface area (Å²) < 4.78 is 11.6. The van der Waals surface area contributed by atoms with Crippen LogP contribution >= 0.6 is 11.3 Å². The van der Waals surface area contributed by atoms with Crippen molar-refractivity contribution in [2.24, 2.45) is 21.8 Å². The van der Waals surface area contributed by atoms with Crippen LogP contribution in [0.1, 0.15) is 41.3 Å². The fraction of sp³-hybridized carbons (Fsp3) is 0.0769. The quantitative estimate of drug-likeness (QED) is 0.173. The molecular formula is C65H43N3OS. The van der Waals surface area contributed by atoms with Gasteiger partial charge in [-0.1, -0.05) is 153 Å². The molecule has 4 heterocycles. The highest BCUT2D eigenvalue weighted by atomic mass is 32.1. The second-order valence-corrected chi connectivity index (χ2v) is 20.3. The predicted octanol–water partition coefficient (Wildman–Crippen LogP) is 17.4. The zero-order valence-electron chi connectivity index (χ0n) is 38.4. The molecular weight excluding hydrogens is 871 g/mol. The summed E-state index contributed by atoms with van der Waals surface area (Å²) in [5, 5.41) is 13.4. The lowest BCUT2D eigenvalue weighted by Crippen LogP contribution is -2.20. The monoisotopic (exact) mass is 913 g/mol. The van der Waals surface area contributed by atoms with Gasteiger partial charge in [0.15, 0.2) is 5.84 Å². The minimum absolute atomic E-state index is 0.0222. The van der Waals surface area contributed by atoms with Gasteiger partial charge in [0, 0.05) is 64.9 Å². The number of thiophene rings is 1. The Labute approximate surface area is 407 Å². The molecule has 0 saturated heterocycles. The van der Waals surface area contributed by atoms with Gasteiger partial charge in [-0.15, -0.1) is 11.3 Å². The standard InChI is InChI=1S/C65H43N3OS/c1-38-22-29-55(46-24-23-39-12-2-3-14-41(39)32-46)66-65(47-26-30-59-54(35-47)49-20-10-11-21-58(49)69-59)67-62(38)51-28-31-60-61(50-27-25-40-13-8-9-19-48(40)64(50)70-60)63(51)68-56-36-44-17-6-4-15-42(44)33-52(56)53-34-43-16-5-7-18-45(43)37-57(53)68/h2-21,23-33,35-38,43H,22,34H2,1H3/b55-29+,66-65?,67-62?. The maximum absolute atomic E-state index is 6.37. The van der Waals surface area contributed by atoms with Crippen molar-refractivity contribution < 1.29 is 4.42 Å². The number of furan rings is 1. The minimum atomic E-state index is 0.0222. The number of benzene rings is 9. The average Bonchev–Trinajstić information content (AvgIpc) is 4.08. The molecule has 1 aliphatic heterocycles. The van der Waals surface area contributed by atoms with E-state index in [0.717, 1.165) is 62.9 Å². The molecule has 0 spiro atoms.